The van der Waals surface area contributed by atoms with Gasteiger partial charge in [0, 0.05) is 13.2 Å². The third-order valence-corrected chi connectivity index (χ3v) is 2.86. The zero-order valence-corrected chi connectivity index (χ0v) is 10.5. The summed E-state index contributed by atoms with van der Waals surface area (Å²) in [5.41, 5.74) is -0.0300. The summed E-state index contributed by atoms with van der Waals surface area (Å²) in [5, 5.41) is 6.57. The third kappa shape index (κ3) is 3.30. The van der Waals surface area contributed by atoms with Gasteiger partial charge in [0.1, 0.15) is 11.6 Å². The van der Waals surface area contributed by atoms with Crippen LogP contribution in [0.4, 0.5) is 11.6 Å². The summed E-state index contributed by atoms with van der Waals surface area (Å²) in [4.78, 5) is 8.63. The second-order valence-corrected chi connectivity index (χ2v) is 4.66. The molecule has 1 aliphatic rings. The topological polar surface area (TPSA) is 59.1 Å². The molecule has 1 aromatic heterocycles. The van der Waals surface area contributed by atoms with Crippen LogP contribution in [0, 0.1) is 0 Å². The Balaban J connectivity index is 2.04. The van der Waals surface area contributed by atoms with Crippen LogP contribution in [0.25, 0.3) is 0 Å². The number of rotatable bonds is 4. The molecule has 0 saturated carbocycles. The zero-order chi connectivity index (χ0) is 12.1. The van der Waals surface area contributed by atoms with Crippen molar-refractivity contribution in [3.05, 3.63) is 12.4 Å². The molecule has 1 atom stereocenters. The maximum atomic E-state index is 5.51. The number of hydrogen-bond donors (Lipinski definition) is 2. The van der Waals surface area contributed by atoms with Gasteiger partial charge in [0.15, 0.2) is 0 Å². The highest BCUT2D eigenvalue weighted by Crippen LogP contribution is 2.23. The lowest BCUT2D eigenvalue weighted by Gasteiger charge is -2.34. The van der Waals surface area contributed by atoms with Crippen LogP contribution in [0.3, 0.4) is 0 Å². The maximum Gasteiger partial charge on any atom is 0.147 e. The molecule has 94 valence electrons. The predicted molar refractivity (Wildman–Crippen MR) is 68.3 cm³/mol. The molecular weight excluding hydrogens is 216 g/mol. The second kappa shape index (κ2) is 5.31. The van der Waals surface area contributed by atoms with Gasteiger partial charge < -0.3 is 15.4 Å². The van der Waals surface area contributed by atoms with E-state index in [1.54, 1.807) is 12.4 Å². The summed E-state index contributed by atoms with van der Waals surface area (Å²) in [6, 6.07) is 0. The van der Waals surface area contributed by atoms with Crippen LogP contribution in [0.5, 0.6) is 0 Å². The standard InChI is InChI=1S/C12H20N4O/c1-3-14-10-7-13-8-11(15-10)16-12(2)5-4-6-17-9-12/h7-8H,3-6,9H2,1-2H3,(H2,14,15,16). The summed E-state index contributed by atoms with van der Waals surface area (Å²) < 4.78 is 5.51. The van der Waals surface area contributed by atoms with E-state index in [-0.39, 0.29) is 5.54 Å². The number of nitrogens with one attached hydrogen (secondary N) is 2. The molecule has 5 heteroatoms. The van der Waals surface area contributed by atoms with E-state index in [4.69, 9.17) is 4.74 Å². The summed E-state index contributed by atoms with van der Waals surface area (Å²) in [5.74, 6) is 1.61. The predicted octanol–water partition coefficient (Wildman–Crippen LogP) is 1.89. The molecule has 1 saturated heterocycles. The Bertz CT molecular complexity index is 363. The number of aromatic nitrogens is 2. The molecule has 1 unspecified atom stereocenters. The van der Waals surface area contributed by atoms with Crippen molar-refractivity contribution in [1.82, 2.24) is 9.97 Å². The summed E-state index contributed by atoms with van der Waals surface area (Å²) >= 11 is 0. The Morgan fingerprint density at radius 1 is 1.41 bits per heavy atom. The fourth-order valence-electron chi connectivity index (χ4n) is 2.03. The maximum absolute atomic E-state index is 5.51. The number of anilines is 2. The summed E-state index contributed by atoms with van der Waals surface area (Å²) in [7, 11) is 0. The van der Waals surface area contributed by atoms with Crippen molar-refractivity contribution in [2.45, 2.75) is 32.2 Å². The lowest BCUT2D eigenvalue weighted by molar-refractivity contribution is 0.0539. The SMILES string of the molecule is CCNc1cncc(NC2(C)CCCOC2)n1. The highest BCUT2D eigenvalue weighted by Gasteiger charge is 2.27. The quantitative estimate of drug-likeness (QED) is 0.836. The molecule has 2 rings (SSSR count). The average Bonchev–Trinajstić information content (AvgIpc) is 2.30. The normalized spacial score (nSPS) is 24.4. The second-order valence-electron chi connectivity index (χ2n) is 4.66. The first kappa shape index (κ1) is 12.1. The summed E-state index contributed by atoms with van der Waals surface area (Å²) in [6.07, 6.45) is 5.67. The van der Waals surface area contributed by atoms with Crippen LogP contribution in [-0.4, -0.2) is 35.3 Å². The van der Waals surface area contributed by atoms with Gasteiger partial charge in [-0.2, -0.15) is 0 Å². The minimum Gasteiger partial charge on any atom is -0.379 e. The molecule has 2 N–H and O–H groups in total. The fraction of sp³-hybridized carbons (Fsp3) is 0.667. The van der Waals surface area contributed by atoms with Gasteiger partial charge in [-0.15, -0.1) is 0 Å². The molecule has 17 heavy (non-hydrogen) atoms. The van der Waals surface area contributed by atoms with E-state index in [2.05, 4.69) is 27.5 Å². The van der Waals surface area contributed by atoms with Crippen molar-refractivity contribution in [3.8, 4) is 0 Å². The molecule has 0 aliphatic carbocycles. The Labute approximate surface area is 102 Å². The van der Waals surface area contributed by atoms with Gasteiger partial charge in [-0.3, -0.25) is 4.98 Å². The van der Waals surface area contributed by atoms with E-state index in [1.807, 2.05) is 6.92 Å². The van der Waals surface area contributed by atoms with Crippen molar-refractivity contribution in [1.29, 1.82) is 0 Å². The third-order valence-electron chi connectivity index (χ3n) is 2.86. The molecule has 0 aromatic carbocycles. The van der Waals surface area contributed by atoms with Gasteiger partial charge in [-0.25, -0.2) is 4.98 Å². The Morgan fingerprint density at radius 2 is 2.24 bits per heavy atom. The van der Waals surface area contributed by atoms with Crippen LogP contribution < -0.4 is 10.6 Å². The largest absolute Gasteiger partial charge is 0.379 e. The van der Waals surface area contributed by atoms with E-state index in [0.717, 1.165) is 44.2 Å². The number of hydrogen-bond acceptors (Lipinski definition) is 5. The molecule has 1 fully saturated rings. The van der Waals surface area contributed by atoms with Gasteiger partial charge in [-0.05, 0) is 26.7 Å². The highest BCUT2D eigenvalue weighted by atomic mass is 16.5. The Morgan fingerprint density at radius 3 is 2.94 bits per heavy atom. The molecule has 0 bridgehead atoms. The van der Waals surface area contributed by atoms with Crippen molar-refractivity contribution in [3.63, 3.8) is 0 Å². The molecule has 2 heterocycles. The smallest absolute Gasteiger partial charge is 0.147 e. The van der Waals surface area contributed by atoms with Crippen LogP contribution in [0.15, 0.2) is 12.4 Å². The number of nitrogens with zero attached hydrogens (tertiary/aromatic N) is 2. The molecule has 5 nitrogen and oxygen atoms in total. The highest BCUT2D eigenvalue weighted by molar-refractivity contribution is 5.43. The first-order valence-electron chi connectivity index (χ1n) is 6.14. The molecular formula is C12H20N4O. The molecule has 1 aromatic rings. The fourth-order valence-corrected chi connectivity index (χ4v) is 2.03. The Kier molecular flexibility index (Phi) is 3.78. The van der Waals surface area contributed by atoms with E-state index in [9.17, 15) is 0 Å². The van der Waals surface area contributed by atoms with Gasteiger partial charge >= 0.3 is 0 Å². The van der Waals surface area contributed by atoms with Gasteiger partial charge in [0.25, 0.3) is 0 Å². The minimum absolute atomic E-state index is 0.0300. The van der Waals surface area contributed by atoms with E-state index in [0.29, 0.717) is 0 Å². The number of ether oxygens (including phenoxy) is 1. The van der Waals surface area contributed by atoms with Gasteiger partial charge in [0.2, 0.25) is 0 Å². The van der Waals surface area contributed by atoms with Crippen LogP contribution in [-0.2, 0) is 4.74 Å². The lowest BCUT2D eigenvalue weighted by Crippen LogP contribution is -2.43. The van der Waals surface area contributed by atoms with Crippen LogP contribution >= 0.6 is 0 Å². The van der Waals surface area contributed by atoms with Crippen LogP contribution in [0.1, 0.15) is 26.7 Å². The van der Waals surface area contributed by atoms with Crippen molar-refractivity contribution >= 4 is 11.6 Å². The average molecular weight is 236 g/mol. The molecule has 0 spiro atoms. The molecule has 0 radical (unpaired) electrons. The van der Waals surface area contributed by atoms with E-state index >= 15 is 0 Å². The first-order chi connectivity index (χ1) is 8.22. The van der Waals surface area contributed by atoms with E-state index in [1.165, 1.54) is 0 Å². The Hall–Kier alpha value is -1.36. The van der Waals surface area contributed by atoms with Gasteiger partial charge in [0.05, 0.1) is 24.5 Å². The van der Waals surface area contributed by atoms with Crippen molar-refractivity contribution in [2.75, 3.05) is 30.4 Å². The molecule has 0 amide bonds. The van der Waals surface area contributed by atoms with Crippen molar-refractivity contribution in [2.24, 2.45) is 0 Å². The molecule has 1 aliphatic heterocycles. The lowest BCUT2D eigenvalue weighted by atomic mass is 9.95. The first-order valence-corrected chi connectivity index (χ1v) is 6.14. The van der Waals surface area contributed by atoms with E-state index < -0.39 is 0 Å². The minimum atomic E-state index is -0.0300. The van der Waals surface area contributed by atoms with Crippen LogP contribution in [0.2, 0.25) is 0 Å². The zero-order valence-electron chi connectivity index (χ0n) is 10.5. The summed E-state index contributed by atoms with van der Waals surface area (Å²) in [6.45, 7) is 6.63. The van der Waals surface area contributed by atoms with Gasteiger partial charge in [-0.1, -0.05) is 0 Å². The monoisotopic (exact) mass is 236 g/mol. The van der Waals surface area contributed by atoms with Crippen molar-refractivity contribution < 1.29 is 4.74 Å².